The Bertz CT molecular complexity index is 966. The van der Waals surface area contributed by atoms with Crippen molar-refractivity contribution in [2.24, 2.45) is 0 Å². The van der Waals surface area contributed by atoms with Gasteiger partial charge < -0.3 is 14.4 Å². The van der Waals surface area contributed by atoms with Gasteiger partial charge in [0.1, 0.15) is 0 Å². The summed E-state index contributed by atoms with van der Waals surface area (Å²) in [5.41, 5.74) is 0.356. The van der Waals surface area contributed by atoms with Crippen LogP contribution in [0.3, 0.4) is 0 Å². The number of amides is 1. The number of carbonyl (C=O) groups is 2. The zero-order valence-corrected chi connectivity index (χ0v) is 18.2. The van der Waals surface area contributed by atoms with Crippen molar-refractivity contribution in [1.82, 2.24) is 14.5 Å². The molecule has 3 atom stereocenters. The molecule has 1 fully saturated rings. The number of hydrogen-bond acceptors (Lipinski definition) is 6. The lowest BCUT2D eigenvalue weighted by atomic mass is 10.2. The van der Waals surface area contributed by atoms with Crippen molar-refractivity contribution < 1.29 is 19.1 Å². The van der Waals surface area contributed by atoms with Crippen LogP contribution in [-0.2, 0) is 25.6 Å². The molecule has 1 aliphatic rings. The predicted molar refractivity (Wildman–Crippen MR) is 110 cm³/mol. The third kappa shape index (κ3) is 5.22. The number of morpholine rings is 1. The Morgan fingerprint density at radius 3 is 2.69 bits per heavy atom. The number of esters is 1. The van der Waals surface area contributed by atoms with E-state index in [2.05, 4.69) is 20.9 Å². The Labute approximate surface area is 176 Å². The number of rotatable bonds is 5. The molecule has 0 bridgehead atoms. The maximum atomic E-state index is 12.6. The molecule has 3 unspecified atom stereocenters. The number of carbonyl (C=O) groups excluding carboxylic acids is 2. The van der Waals surface area contributed by atoms with E-state index in [1.54, 1.807) is 24.0 Å². The van der Waals surface area contributed by atoms with Crippen molar-refractivity contribution in [1.29, 1.82) is 0 Å². The second-order valence-corrected chi connectivity index (χ2v) is 8.20. The Morgan fingerprint density at radius 1 is 1.31 bits per heavy atom. The number of nitrogens with zero attached hydrogens (tertiary/aromatic N) is 3. The van der Waals surface area contributed by atoms with Crippen molar-refractivity contribution in [3.8, 4) is 0 Å². The van der Waals surface area contributed by atoms with Crippen molar-refractivity contribution in [2.45, 2.75) is 52.0 Å². The van der Waals surface area contributed by atoms with Crippen LogP contribution in [0.5, 0.6) is 0 Å². The second-order valence-electron chi connectivity index (χ2n) is 7.29. The zero-order chi connectivity index (χ0) is 21.1. The predicted octanol–water partition coefficient (Wildman–Crippen LogP) is 2.12. The Balaban J connectivity index is 1.58. The van der Waals surface area contributed by atoms with Gasteiger partial charge in [0.15, 0.2) is 6.10 Å². The molecular weight excluding hydrogens is 442 g/mol. The lowest BCUT2D eigenvalue weighted by Crippen LogP contribution is -2.51. The minimum absolute atomic E-state index is 0.0331. The van der Waals surface area contributed by atoms with Crippen LogP contribution in [0.4, 0.5) is 0 Å². The SMILES string of the molecule is CC1CN(C(=O)C(C)OC(=O)CCn2cnc3ccc(Br)cc3c2=O)CC(C)O1. The van der Waals surface area contributed by atoms with Crippen molar-refractivity contribution in [3.05, 3.63) is 39.4 Å². The zero-order valence-electron chi connectivity index (χ0n) is 16.6. The summed E-state index contributed by atoms with van der Waals surface area (Å²) < 4.78 is 13.1. The maximum absolute atomic E-state index is 12.6. The molecule has 0 N–H and O–H groups in total. The fraction of sp³-hybridized carbons (Fsp3) is 0.500. The Morgan fingerprint density at radius 2 is 2.00 bits per heavy atom. The quantitative estimate of drug-likeness (QED) is 0.628. The largest absolute Gasteiger partial charge is 0.452 e. The highest BCUT2D eigenvalue weighted by Crippen LogP contribution is 2.15. The van der Waals surface area contributed by atoms with Gasteiger partial charge in [-0.2, -0.15) is 0 Å². The van der Waals surface area contributed by atoms with Crippen LogP contribution in [0.15, 0.2) is 33.8 Å². The van der Waals surface area contributed by atoms with Crippen molar-refractivity contribution in [2.75, 3.05) is 13.1 Å². The summed E-state index contributed by atoms with van der Waals surface area (Å²) in [5, 5.41) is 0.467. The van der Waals surface area contributed by atoms with Gasteiger partial charge in [-0.1, -0.05) is 15.9 Å². The standard InChI is InChI=1S/C20H24BrN3O5/c1-12-9-24(10-13(2)28-12)19(26)14(3)29-18(25)6-7-23-11-22-17-5-4-15(21)8-16(17)20(23)27/h4-5,8,11-14H,6-7,9-10H2,1-3H3. The van der Waals surface area contributed by atoms with E-state index >= 15 is 0 Å². The number of aromatic nitrogens is 2. The summed E-state index contributed by atoms with van der Waals surface area (Å²) in [6, 6.07) is 5.26. The first kappa shape index (κ1) is 21.4. The molecule has 0 saturated carbocycles. The highest BCUT2D eigenvalue weighted by atomic mass is 79.9. The topological polar surface area (TPSA) is 90.7 Å². The van der Waals surface area contributed by atoms with E-state index in [1.165, 1.54) is 10.9 Å². The van der Waals surface area contributed by atoms with Crippen LogP contribution in [-0.4, -0.2) is 57.7 Å². The van der Waals surface area contributed by atoms with E-state index in [9.17, 15) is 14.4 Å². The molecule has 8 nitrogen and oxygen atoms in total. The van der Waals surface area contributed by atoms with Crippen LogP contribution in [0.1, 0.15) is 27.2 Å². The van der Waals surface area contributed by atoms with Gasteiger partial charge in [0, 0.05) is 24.1 Å². The van der Waals surface area contributed by atoms with Crippen molar-refractivity contribution >= 4 is 38.7 Å². The third-order valence-corrected chi connectivity index (χ3v) is 5.22. The lowest BCUT2D eigenvalue weighted by Gasteiger charge is -2.36. The molecular formula is C20H24BrN3O5. The summed E-state index contributed by atoms with van der Waals surface area (Å²) in [6.07, 6.45) is 0.379. The first-order valence-corrected chi connectivity index (χ1v) is 10.3. The fourth-order valence-corrected chi connectivity index (χ4v) is 3.78. The summed E-state index contributed by atoms with van der Waals surface area (Å²) >= 11 is 3.34. The first-order valence-electron chi connectivity index (χ1n) is 9.53. The number of aryl methyl sites for hydroxylation is 1. The normalized spacial score (nSPS) is 20.5. The van der Waals surface area contributed by atoms with Crippen LogP contribution < -0.4 is 5.56 Å². The van der Waals surface area contributed by atoms with Gasteiger partial charge in [-0.15, -0.1) is 0 Å². The number of hydrogen-bond donors (Lipinski definition) is 0. The molecule has 2 aromatic rings. The van der Waals surface area contributed by atoms with Crippen LogP contribution >= 0.6 is 15.9 Å². The van der Waals surface area contributed by atoms with Gasteiger partial charge >= 0.3 is 5.97 Å². The lowest BCUT2D eigenvalue weighted by molar-refractivity contribution is -0.164. The highest BCUT2D eigenvalue weighted by molar-refractivity contribution is 9.10. The monoisotopic (exact) mass is 465 g/mol. The summed E-state index contributed by atoms with van der Waals surface area (Å²) in [6.45, 7) is 6.44. The maximum Gasteiger partial charge on any atom is 0.308 e. The Hall–Kier alpha value is -2.26. The molecule has 1 aliphatic heterocycles. The van der Waals surface area contributed by atoms with Gasteiger partial charge in [0.25, 0.3) is 11.5 Å². The molecule has 1 aromatic carbocycles. The smallest absolute Gasteiger partial charge is 0.308 e. The molecule has 1 aromatic heterocycles. The molecule has 9 heteroatoms. The van der Waals surface area contributed by atoms with Crippen LogP contribution in [0, 0.1) is 0 Å². The van der Waals surface area contributed by atoms with E-state index in [0.29, 0.717) is 24.0 Å². The van der Waals surface area contributed by atoms with Gasteiger partial charge in [-0.25, -0.2) is 4.98 Å². The van der Waals surface area contributed by atoms with E-state index in [0.717, 1.165) is 4.47 Å². The minimum Gasteiger partial charge on any atom is -0.452 e. The van der Waals surface area contributed by atoms with Gasteiger partial charge in [0.2, 0.25) is 0 Å². The molecule has 0 radical (unpaired) electrons. The summed E-state index contributed by atoms with van der Waals surface area (Å²) in [7, 11) is 0. The molecule has 1 amide bonds. The minimum atomic E-state index is -0.887. The Kier molecular flexibility index (Phi) is 6.69. The second kappa shape index (κ2) is 9.04. The van der Waals surface area contributed by atoms with Crippen molar-refractivity contribution in [3.63, 3.8) is 0 Å². The average Bonchev–Trinajstić information content (AvgIpc) is 2.66. The number of fused-ring (bicyclic) bond motifs is 1. The van der Waals surface area contributed by atoms with Gasteiger partial charge in [-0.3, -0.25) is 19.0 Å². The molecule has 0 spiro atoms. The molecule has 1 saturated heterocycles. The average molecular weight is 466 g/mol. The van der Waals surface area contributed by atoms with E-state index in [-0.39, 0.29) is 36.6 Å². The number of ether oxygens (including phenoxy) is 2. The van der Waals surface area contributed by atoms with Gasteiger partial charge in [-0.05, 0) is 39.0 Å². The third-order valence-electron chi connectivity index (χ3n) is 4.73. The van der Waals surface area contributed by atoms with E-state index in [1.807, 2.05) is 19.9 Å². The molecule has 29 heavy (non-hydrogen) atoms. The summed E-state index contributed by atoms with van der Waals surface area (Å²) in [4.78, 5) is 43.2. The van der Waals surface area contributed by atoms with E-state index in [4.69, 9.17) is 9.47 Å². The van der Waals surface area contributed by atoms with E-state index < -0.39 is 12.1 Å². The first-order chi connectivity index (χ1) is 13.7. The summed E-state index contributed by atoms with van der Waals surface area (Å²) in [5.74, 6) is -0.781. The molecule has 0 aliphatic carbocycles. The highest BCUT2D eigenvalue weighted by Gasteiger charge is 2.30. The van der Waals surface area contributed by atoms with Crippen LogP contribution in [0.2, 0.25) is 0 Å². The van der Waals surface area contributed by atoms with Gasteiger partial charge in [0.05, 0.1) is 35.9 Å². The number of halogens is 1. The molecule has 156 valence electrons. The molecule has 2 heterocycles. The fourth-order valence-electron chi connectivity index (χ4n) is 3.42. The molecule has 3 rings (SSSR count). The van der Waals surface area contributed by atoms with Crippen LogP contribution in [0.25, 0.3) is 10.9 Å². The number of benzene rings is 1.